The molecule has 1 aromatic rings. The summed E-state index contributed by atoms with van der Waals surface area (Å²) in [6.45, 7) is 11.5. The number of hydrogen-bond donors (Lipinski definition) is 0. The predicted octanol–water partition coefficient (Wildman–Crippen LogP) is 5.02. The van der Waals surface area contributed by atoms with Crippen LogP contribution in [0.1, 0.15) is 72.2 Å². The van der Waals surface area contributed by atoms with Gasteiger partial charge in [0, 0.05) is 17.8 Å². The smallest absolute Gasteiger partial charge is 0.138 e. The Labute approximate surface area is 138 Å². The number of alkyl halides is 1. The summed E-state index contributed by atoms with van der Waals surface area (Å²) in [6, 6.07) is 0.390. The van der Waals surface area contributed by atoms with Crippen molar-refractivity contribution in [2.75, 3.05) is 5.33 Å². The van der Waals surface area contributed by atoms with Gasteiger partial charge in [0.15, 0.2) is 0 Å². The molecule has 2 rings (SSSR count). The van der Waals surface area contributed by atoms with Gasteiger partial charge in [-0.05, 0) is 56.3 Å². The van der Waals surface area contributed by atoms with E-state index in [0.717, 1.165) is 23.5 Å². The van der Waals surface area contributed by atoms with Crippen LogP contribution >= 0.6 is 15.9 Å². The molecule has 0 N–H and O–H groups in total. The van der Waals surface area contributed by atoms with Crippen molar-refractivity contribution in [2.45, 2.75) is 72.8 Å². The van der Waals surface area contributed by atoms with E-state index in [1.54, 1.807) is 6.33 Å². The summed E-state index contributed by atoms with van der Waals surface area (Å²) in [4.78, 5) is 4.52. The minimum atomic E-state index is 0.363. The zero-order valence-electron chi connectivity index (χ0n) is 14.2. The third-order valence-electron chi connectivity index (χ3n) is 5.22. The van der Waals surface area contributed by atoms with Gasteiger partial charge < -0.3 is 0 Å². The van der Waals surface area contributed by atoms with Crippen LogP contribution in [0.2, 0.25) is 0 Å². The highest BCUT2D eigenvalue weighted by molar-refractivity contribution is 9.09. The standard InChI is InChI=1S/C17H30BrN3/c1-13(2)21-15(19-12-20-21)10-17(11-18)8-6-14(7-9-17)16(3,4)5/h12-14H,6-11H2,1-5H3. The highest BCUT2D eigenvalue weighted by Gasteiger charge is 2.39. The van der Waals surface area contributed by atoms with E-state index >= 15 is 0 Å². The molecule has 0 aliphatic heterocycles. The van der Waals surface area contributed by atoms with Crippen molar-refractivity contribution in [3.05, 3.63) is 12.2 Å². The Bertz CT molecular complexity index is 451. The van der Waals surface area contributed by atoms with E-state index in [4.69, 9.17) is 0 Å². The summed E-state index contributed by atoms with van der Waals surface area (Å²) in [5, 5.41) is 5.46. The fourth-order valence-corrected chi connectivity index (χ4v) is 4.38. The van der Waals surface area contributed by atoms with Crippen LogP contribution in [0.5, 0.6) is 0 Å². The van der Waals surface area contributed by atoms with Gasteiger partial charge in [0.05, 0.1) is 0 Å². The van der Waals surface area contributed by atoms with Gasteiger partial charge in [0.2, 0.25) is 0 Å². The molecule has 1 heterocycles. The lowest BCUT2D eigenvalue weighted by Crippen LogP contribution is -2.36. The topological polar surface area (TPSA) is 30.7 Å². The van der Waals surface area contributed by atoms with Crippen LogP contribution in [-0.4, -0.2) is 20.1 Å². The highest BCUT2D eigenvalue weighted by Crippen LogP contribution is 2.47. The van der Waals surface area contributed by atoms with E-state index in [-0.39, 0.29) is 0 Å². The van der Waals surface area contributed by atoms with E-state index in [1.807, 2.05) is 0 Å². The first-order valence-corrected chi connectivity index (χ1v) is 9.34. The molecule has 0 atom stereocenters. The van der Waals surface area contributed by atoms with E-state index < -0.39 is 0 Å². The molecule has 0 unspecified atom stereocenters. The zero-order valence-corrected chi connectivity index (χ0v) is 15.8. The average molecular weight is 356 g/mol. The first-order chi connectivity index (χ1) is 9.77. The molecule has 4 heteroatoms. The van der Waals surface area contributed by atoms with Gasteiger partial charge in [-0.15, -0.1) is 0 Å². The van der Waals surface area contributed by atoms with Gasteiger partial charge in [0.1, 0.15) is 12.2 Å². The number of rotatable bonds is 4. The molecule has 1 aromatic heterocycles. The first kappa shape index (κ1) is 17.0. The number of aromatic nitrogens is 3. The molecule has 0 aromatic carbocycles. The molecule has 1 aliphatic rings. The molecule has 0 amide bonds. The lowest BCUT2D eigenvalue weighted by atomic mass is 9.63. The molecule has 21 heavy (non-hydrogen) atoms. The van der Waals surface area contributed by atoms with Crippen LogP contribution in [0.15, 0.2) is 6.33 Å². The van der Waals surface area contributed by atoms with Gasteiger partial charge in [0.25, 0.3) is 0 Å². The van der Waals surface area contributed by atoms with Gasteiger partial charge in [-0.3, -0.25) is 0 Å². The van der Waals surface area contributed by atoms with Crippen molar-refractivity contribution in [2.24, 2.45) is 16.7 Å². The van der Waals surface area contributed by atoms with Crippen LogP contribution in [0.25, 0.3) is 0 Å². The second-order valence-electron chi connectivity index (χ2n) is 8.17. The van der Waals surface area contributed by atoms with Crippen molar-refractivity contribution >= 4 is 15.9 Å². The van der Waals surface area contributed by atoms with Gasteiger partial charge in [-0.2, -0.15) is 5.10 Å². The number of hydrogen-bond acceptors (Lipinski definition) is 2. The highest BCUT2D eigenvalue weighted by atomic mass is 79.9. The van der Waals surface area contributed by atoms with Crippen molar-refractivity contribution in [1.82, 2.24) is 14.8 Å². The largest absolute Gasteiger partial charge is 0.248 e. The predicted molar refractivity (Wildman–Crippen MR) is 91.8 cm³/mol. The number of nitrogens with zero attached hydrogens (tertiary/aromatic N) is 3. The Balaban J connectivity index is 2.09. The maximum Gasteiger partial charge on any atom is 0.138 e. The molecular weight excluding hydrogens is 326 g/mol. The fraction of sp³-hybridized carbons (Fsp3) is 0.882. The van der Waals surface area contributed by atoms with Gasteiger partial charge in [-0.1, -0.05) is 36.7 Å². The summed E-state index contributed by atoms with van der Waals surface area (Å²) in [7, 11) is 0. The SMILES string of the molecule is CC(C)n1ncnc1CC1(CBr)CCC(C(C)(C)C)CC1. The molecule has 1 fully saturated rings. The molecule has 120 valence electrons. The van der Waals surface area contributed by atoms with Gasteiger partial charge in [-0.25, -0.2) is 9.67 Å². The maximum atomic E-state index is 4.52. The molecule has 0 spiro atoms. The first-order valence-electron chi connectivity index (χ1n) is 8.22. The lowest BCUT2D eigenvalue weighted by molar-refractivity contribution is 0.101. The number of halogens is 1. The summed E-state index contributed by atoms with van der Waals surface area (Å²) in [6.07, 6.45) is 8.03. The van der Waals surface area contributed by atoms with E-state index in [0.29, 0.717) is 16.9 Å². The Morgan fingerprint density at radius 1 is 1.33 bits per heavy atom. The maximum absolute atomic E-state index is 4.52. The Hall–Kier alpha value is -0.380. The van der Waals surface area contributed by atoms with Crippen molar-refractivity contribution in [3.63, 3.8) is 0 Å². The van der Waals surface area contributed by atoms with Crippen LogP contribution in [0, 0.1) is 16.7 Å². The monoisotopic (exact) mass is 355 g/mol. The molecule has 1 aliphatic carbocycles. The normalized spacial score (nSPS) is 27.3. The molecule has 0 radical (unpaired) electrons. The van der Waals surface area contributed by atoms with Crippen molar-refractivity contribution in [3.8, 4) is 0 Å². The van der Waals surface area contributed by atoms with E-state index in [9.17, 15) is 0 Å². The third-order valence-corrected chi connectivity index (χ3v) is 6.41. The van der Waals surface area contributed by atoms with Crippen molar-refractivity contribution < 1.29 is 0 Å². The molecule has 0 bridgehead atoms. The molecular formula is C17H30BrN3. The van der Waals surface area contributed by atoms with E-state index in [2.05, 4.69) is 65.3 Å². The lowest BCUT2D eigenvalue weighted by Gasteiger charge is -2.43. The minimum Gasteiger partial charge on any atom is -0.248 e. The minimum absolute atomic E-state index is 0.363. The second kappa shape index (κ2) is 6.39. The zero-order chi connectivity index (χ0) is 15.7. The quantitative estimate of drug-likeness (QED) is 0.709. The Morgan fingerprint density at radius 2 is 1.95 bits per heavy atom. The molecule has 0 saturated heterocycles. The third kappa shape index (κ3) is 3.88. The summed E-state index contributed by atoms with van der Waals surface area (Å²) in [5.74, 6) is 2.01. The summed E-state index contributed by atoms with van der Waals surface area (Å²) in [5.41, 5.74) is 0.803. The second-order valence-corrected chi connectivity index (χ2v) is 8.73. The fourth-order valence-electron chi connectivity index (χ4n) is 3.62. The van der Waals surface area contributed by atoms with Gasteiger partial charge >= 0.3 is 0 Å². The Kier molecular flexibility index (Phi) is 5.17. The summed E-state index contributed by atoms with van der Waals surface area (Å²) < 4.78 is 2.08. The van der Waals surface area contributed by atoms with Crippen LogP contribution in [-0.2, 0) is 6.42 Å². The van der Waals surface area contributed by atoms with Crippen molar-refractivity contribution in [1.29, 1.82) is 0 Å². The van der Waals surface area contributed by atoms with E-state index in [1.165, 1.54) is 25.7 Å². The Morgan fingerprint density at radius 3 is 2.43 bits per heavy atom. The summed E-state index contributed by atoms with van der Waals surface area (Å²) >= 11 is 3.79. The van der Waals surface area contributed by atoms with Crippen LogP contribution in [0.3, 0.4) is 0 Å². The van der Waals surface area contributed by atoms with Crippen LogP contribution in [0.4, 0.5) is 0 Å². The average Bonchev–Trinajstić information content (AvgIpc) is 2.86. The van der Waals surface area contributed by atoms with Crippen LogP contribution < -0.4 is 0 Å². The molecule has 3 nitrogen and oxygen atoms in total. The molecule has 1 saturated carbocycles.